The van der Waals surface area contributed by atoms with Gasteiger partial charge in [0.1, 0.15) is 11.5 Å². The van der Waals surface area contributed by atoms with Crippen molar-refractivity contribution in [3.05, 3.63) is 59.7 Å². The Bertz CT molecular complexity index is 737. The fourth-order valence-corrected chi connectivity index (χ4v) is 2.61. The Balaban J connectivity index is 1.90. The van der Waals surface area contributed by atoms with Gasteiger partial charge in [-0.1, -0.05) is 33.1 Å². The summed E-state index contributed by atoms with van der Waals surface area (Å²) in [4.78, 5) is 12.3. The second-order valence-corrected chi connectivity index (χ2v) is 6.33. The Kier molecular flexibility index (Phi) is 8.36. The first-order chi connectivity index (χ1) is 13.1. The van der Waals surface area contributed by atoms with Gasteiger partial charge in [-0.15, -0.1) is 0 Å². The summed E-state index contributed by atoms with van der Waals surface area (Å²) in [7, 11) is 0. The molecule has 27 heavy (non-hydrogen) atoms. The standard InChI is InChI=1S/C22H28N2O3/c1-3-5-6-7-16-27-20-14-10-18(11-15-20)22(26)24-23-21(4-2)17-8-12-19(25)13-9-17/h8-15,25H,3-7,16H2,1-2H3,(H,24,26). The molecule has 0 fully saturated rings. The Morgan fingerprint density at radius 2 is 1.63 bits per heavy atom. The quantitative estimate of drug-likeness (QED) is 0.356. The molecule has 0 atom stereocenters. The van der Waals surface area contributed by atoms with Crippen LogP contribution >= 0.6 is 0 Å². The number of aromatic hydroxyl groups is 1. The van der Waals surface area contributed by atoms with Gasteiger partial charge in [-0.25, -0.2) is 5.43 Å². The molecule has 2 rings (SSSR count). The van der Waals surface area contributed by atoms with Crippen LogP contribution in [0, 0.1) is 0 Å². The second kappa shape index (κ2) is 11.0. The normalized spacial score (nSPS) is 11.3. The smallest absolute Gasteiger partial charge is 0.271 e. The molecular weight excluding hydrogens is 340 g/mol. The number of hydrogen-bond acceptors (Lipinski definition) is 4. The Hall–Kier alpha value is -2.82. The molecule has 0 aliphatic carbocycles. The highest BCUT2D eigenvalue weighted by molar-refractivity contribution is 6.02. The third-order valence-corrected chi connectivity index (χ3v) is 4.21. The maximum absolute atomic E-state index is 12.3. The summed E-state index contributed by atoms with van der Waals surface area (Å²) in [5.41, 5.74) is 4.73. The SMILES string of the molecule is CCCCCCOc1ccc(C(=O)NN=C(CC)c2ccc(O)cc2)cc1. The lowest BCUT2D eigenvalue weighted by Crippen LogP contribution is -2.20. The van der Waals surface area contributed by atoms with E-state index < -0.39 is 0 Å². The largest absolute Gasteiger partial charge is 0.508 e. The number of unbranched alkanes of at least 4 members (excludes halogenated alkanes) is 3. The molecule has 5 nitrogen and oxygen atoms in total. The van der Waals surface area contributed by atoms with E-state index in [9.17, 15) is 9.90 Å². The number of nitrogens with one attached hydrogen (secondary N) is 1. The number of carbonyl (C=O) groups excluding carboxylic acids is 1. The molecule has 2 aromatic carbocycles. The number of ether oxygens (including phenoxy) is 1. The lowest BCUT2D eigenvalue weighted by Gasteiger charge is -2.08. The summed E-state index contributed by atoms with van der Waals surface area (Å²) in [5.74, 6) is 0.699. The van der Waals surface area contributed by atoms with Gasteiger partial charge >= 0.3 is 0 Å². The van der Waals surface area contributed by atoms with Gasteiger partial charge in [0.25, 0.3) is 5.91 Å². The summed E-state index contributed by atoms with van der Waals surface area (Å²) in [6, 6.07) is 13.8. The molecule has 0 aromatic heterocycles. The molecule has 0 unspecified atom stereocenters. The van der Waals surface area contributed by atoms with Gasteiger partial charge in [0.15, 0.2) is 0 Å². The molecule has 0 bridgehead atoms. The highest BCUT2D eigenvalue weighted by atomic mass is 16.5. The van der Waals surface area contributed by atoms with Crippen molar-refractivity contribution in [2.75, 3.05) is 6.61 Å². The first-order valence-corrected chi connectivity index (χ1v) is 9.53. The van der Waals surface area contributed by atoms with E-state index in [0.29, 0.717) is 18.6 Å². The molecule has 2 N–H and O–H groups in total. The molecule has 0 heterocycles. The topological polar surface area (TPSA) is 70.9 Å². The number of benzene rings is 2. The molecule has 0 saturated heterocycles. The fraction of sp³-hybridized carbons (Fsp3) is 0.364. The number of hydrazone groups is 1. The number of hydrogen-bond donors (Lipinski definition) is 2. The van der Waals surface area contributed by atoms with E-state index in [4.69, 9.17) is 4.74 Å². The maximum Gasteiger partial charge on any atom is 0.271 e. The number of amides is 1. The Morgan fingerprint density at radius 1 is 0.963 bits per heavy atom. The summed E-state index contributed by atoms with van der Waals surface area (Å²) >= 11 is 0. The van der Waals surface area contributed by atoms with Crippen LogP contribution in [0.2, 0.25) is 0 Å². The van der Waals surface area contributed by atoms with Gasteiger partial charge in [-0.05, 0) is 66.9 Å². The average molecular weight is 368 g/mol. The second-order valence-electron chi connectivity index (χ2n) is 6.33. The zero-order valence-corrected chi connectivity index (χ0v) is 16.1. The van der Waals surface area contributed by atoms with Gasteiger partial charge in [-0.3, -0.25) is 4.79 Å². The van der Waals surface area contributed by atoms with Gasteiger partial charge < -0.3 is 9.84 Å². The van der Waals surface area contributed by atoms with Crippen LogP contribution in [0.3, 0.4) is 0 Å². The minimum atomic E-state index is -0.269. The van der Waals surface area contributed by atoms with Crippen molar-refractivity contribution in [1.29, 1.82) is 0 Å². The zero-order valence-electron chi connectivity index (χ0n) is 16.1. The highest BCUT2D eigenvalue weighted by Gasteiger charge is 2.07. The van der Waals surface area contributed by atoms with Crippen molar-refractivity contribution >= 4 is 11.6 Å². The van der Waals surface area contributed by atoms with Crippen molar-refractivity contribution < 1.29 is 14.6 Å². The molecule has 0 aliphatic rings. The van der Waals surface area contributed by atoms with E-state index in [-0.39, 0.29) is 11.7 Å². The minimum Gasteiger partial charge on any atom is -0.508 e. The molecule has 0 aliphatic heterocycles. The van der Waals surface area contributed by atoms with Gasteiger partial charge in [-0.2, -0.15) is 5.10 Å². The van der Waals surface area contributed by atoms with Gasteiger partial charge in [0.05, 0.1) is 12.3 Å². The van der Waals surface area contributed by atoms with E-state index in [0.717, 1.165) is 23.4 Å². The van der Waals surface area contributed by atoms with Crippen LogP contribution in [-0.4, -0.2) is 23.3 Å². The Morgan fingerprint density at radius 3 is 2.26 bits per heavy atom. The van der Waals surface area contributed by atoms with Crippen molar-refractivity contribution in [2.24, 2.45) is 5.10 Å². The third-order valence-electron chi connectivity index (χ3n) is 4.21. The highest BCUT2D eigenvalue weighted by Crippen LogP contribution is 2.14. The maximum atomic E-state index is 12.3. The average Bonchev–Trinajstić information content (AvgIpc) is 2.70. The van der Waals surface area contributed by atoms with Crippen molar-refractivity contribution in [2.45, 2.75) is 46.0 Å². The monoisotopic (exact) mass is 368 g/mol. The van der Waals surface area contributed by atoms with E-state index in [1.54, 1.807) is 48.5 Å². The molecule has 0 radical (unpaired) electrons. The number of phenolic OH excluding ortho intramolecular Hbond substituents is 1. The van der Waals surface area contributed by atoms with E-state index >= 15 is 0 Å². The van der Waals surface area contributed by atoms with Crippen LogP contribution in [0.1, 0.15) is 61.9 Å². The molecule has 144 valence electrons. The number of nitrogens with zero attached hydrogens (tertiary/aromatic N) is 1. The zero-order chi connectivity index (χ0) is 19.5. The third kappa shape index (κ3) is 6.77. The van der Waals surface area contributed by atoms with Crippen LogP contribution in [-0.2, 0) is 0 Å². The van der Waals surface area contributed by atoms with Crippen molar-refractivity contribution in [3.8, 4) is 11.5 Å². The van der Waals surface area contributed by atoms with Crippen LogP contribution in [0.5, 0.6) is 11.5 Å². The van der Waals surface area contributed by atoms with Gasteiger partial charge in [0, 0.05) is 5.56 Å². The van der Waals surface area contributed by atoms with E-state index in [1.807, 2.05) is 6.92 Å². The molecule has 2 aromatic rings. The molecule has 5 heteroatoms. The summed E-state index contributed by atoms with van der Waals surface area (Å²) in [6.45, 7) is 4.84. The minimum absolute atomic E-state index is 0.200. The van der Waals surface area contributed by atoms with Crippen molar-refractivity contribution in [1.82, 2.24) is 5.43 Å². The van der Waals surface area contributed by atoms with Crippen LogP contribution in [0.15, 0.2) is 53.6 Å². The van der Waals surface area contributed by atoms with Crippen LogP contribution in [0.4, 0.5) is 0 Å². The molecule has 0 spiro atoms. The van der Waals surface area contributed by atoms with E-state index in [1.165, 1.54) is 19.3 Å². The molecule has 1 amide bonds. The van der Waals surface area contributed by atoms with E-state index in [2.05, 4.69) is 17.5 Å². The number of carbonyl (C=O) groups is 1. The predicted molar refractivity (Wildman–Crippen MR) is 108 cm³/mol. The Labute approximate surface area is 161 Å². The van der Waals surface area contributed by atoms with Crippen molar-refractivity contribution in [3.63, 3.8) is 0 Å². The summed E-state index contributed by atoms with van der Waals surface area (Å²) in [6.07, 6.45) is 5.32. The molecular formula is C22H28N2O3. The number of rotatable bonds is 10. The van der Waals surface area contributed by atoms with Crippen LogP contribution < -0.4 is 10.2 Å². The van der Waals surface area contributed by atoms with Crippen LogP contribution in [0.25, 0.3) is 0 Å². The summed E-state index contributed by atoms with van der Waals surface area (Å²) < 4.78 is 5.69. The number of phenols is 1. The first kappa shape index (κ1) is 20.5. The lowest BCUT2D eigenvalue weighted by atomic mass is 10.1. The first-order valence-electron chi connectivity index (χ1n) is 9.53. The lowest BCUT2D eigenvalue weighted by molar-refractivity contribution is 0.0954. The summed E-state index contributed by atoms with van der Waals surface area (Å²) in [5, 5.41) is 13.6. The fourth-order valence-electron chi connectivity index (χ4n) is 2.61. The molecule has 0 saturated carbocycles. The van der Waals surface area contributed by atoms with Gasteiger partial charge in [0.2, 0.25) is 0 Å². The predicted octanol–water partition coefficient (Wildman–Crippen LogP) is 4.90.